The number of nitrogens with zero attached hydrogens (tertiary/aromatic N) is 3. The molecule has 3 rings (SSSR count). The van der Waals surface area contributed by atoms with Crippen molar-refractivity contribution in [2.24, 2.45) is 0 Å². The summed E-state index contributed by atoms with van der Waals surface area (Å²) in [4.78, 5) is 2.29. The van der Waals surface area contributed by atoms with E-state index in [0.717, 1.165) is 18.9 Å². The Morgan fingerprint density at radius 3 is 2.29 bits per heavy atom. The second kappa shape index (κ2) is 6.05. The molecule has 2 atom stereocenters. The first-order chi connectivity index (χ1) is 7.31. The Morgan fingerprint density at radius 1 is 1.12 bits per heavy atom. The molecule has 2 fully saturated rings. The molecule has 1 aromatic heterocycles. The smallest absolute Gasteiger partial charge is 0.151 e. The number of rotatable bonds is 1. The molecule has 2 unspecified atom stereocenters. The van der Waals surface area contributed by atoms with E-state index in [1.807, 2.05) is 6.07 Å². The molecule has 0 spiro atoms. The van der Waals surface area contributed by atoms with Crippen molar-refractivity contribution in [3.8, 4) is 0 Å². The zero-order valence-corrected chi connectivity index (χ0v) is 11.4. The van der Waals surface area contributed by atoms with Crippen molar-refractivity contribution in [1.29, 1.82) is 0 Å². The second-order valence-electron chi connectivity index (χ2n) is 4.26. The average molecular weight is 296 g/mol. The third-order valence-corrected chi connectivity index (χ3v) is 3.36. The van der Waals surface area contributed by atoms with Crippen LogP contribution in [-0.4, -0.2) is 35.4 Å². The minimum Gasteiger partial charge on any atom is -1.00 e. The highest BCUT2D eigenvalue weighted by Crippen LogP contribution is 2.23. The van der Waals surface area contributed by atoms with Gasteiger partial charge in [0.05, 0.1) is 0 Å². The Kier molecular flexibility index (Phi) is 5.25. The Hall–Kier alpha value is -0.290. The standard InChI is InChI=1S/C10H13ClN4.2ClH/c11-9-3-4-10(14-13-9)15-5-7-1-2-8(6-15)12-7;;/h3-4,7-8,12H,1-2,5-6H2;2*1H/p-2. The molecule has 0 amide bonds. The van der Waals surface area contributed by atoms with Crippen LogP contribution in [0.2, 0.25) is 5.15 Å². The fourth-order valence-corrected chi connectivity index (χ4v) is 2.56. The lowest BCUT2D eigenvalue weighted by molar-refractivity contribution is -0.001000. The quantitative estimate of drug-likeness (QED) is 0.564. The number of fused-ring (bicyclic) bond motifs is 2. The summed E-state index contributed by atoms with van der Waals surface area (Å²) in [6.07, 6.45) is 2.56. The van der Waals surface area contributed by atoms with Crippen molar-refractivity contribution < 1.29 is 24.8 Å². The molecule has 0 aromatic carbocycles. The van der Waals surface area contributed by atoms with E-state index in [-0.39, 0.29) is 24.8 Å². The highest BCUT2D eigenvalue weighted by atomic mass is 35.5. The van der Waals surface area contributed by atoms with Gasteiger partial charge >= 0.3 is 0 Å². The molecule has 1 aromatic rings. The van der Waals surface area contributed by atoms with Gasteiger partial charge in [-0.1, -0.05) is 11.6 Å². The van der Waals surface area contributed by atoms with E-state index < -0.39 is 0 Å². The summed E-state index contributed by atoms with van der Waals surface area (Å²) in [5.74, 6) is 0.942. The van der Waals surface area contributed by atoms with Gasteiger partial charge in [-0.3, -0.25) is 0 Å². The van der Waals surface area contributed by atoms with Crippen molar-refractivity contribution in [2.45, 2.75) is 24.9 Å². The monoisotopic (exact) mass is 294 g/mol. The molecule has 2 bridgehead atoms. The van der Waals surface area contributed by atoms with E-state index in [0.29, 0.717) is 17.2 Å². The minimum atomic E-state index is 0. The fourth-order valence-electron chi connectivity index (χ4n) is 2.46. The average Bonchev–Trinajstić information content (AvgIpc) is 2.59. The first-order valence-corrected chi connectivity index (χ1v) is 5.69. The first kappa shape index (κ1) is 14.8. The van der Waals surface area contributed by atoms with Crippen LogP contribution in [0.15, 0.2) is 12.1 Å². The summed E-state index contributed by atoms with van der Waals surface area (Å²) in [5.41, 5.74) is 0. The topological polar surface area (TPSA) is 41.0 Å². The number of aromatic nitrogens is 2. The van der Waals surface area contributed by atoms with Gasteiger partial charge in [-0.25, -0.2) is 0 Å². The number of anilines is 1. The molecule has 2 aliphatic rings. The molecule has 0 aliphatic carbocycles. The molecule has 3 heterocycles. The first-order valence-electron chi connectivity index (χ1n) is 5.31. The molecular weight excluding hydrogens is 282 g/mol. The molecule has 0 radical (unpaired) electrons. The fraction of sp³-hybridized carbons (Fsp3) is 0.600. The van der Waals surface area contributed by atoms with Gasteiger partial charge in [0.2, 0.25) is 0 Å². The number of piperazine rings is 1. The van der Waals surface area contributed by atoms with Gasteiger partial charge in [-0.05, 0) is 25.0 Å². The van der Waals surface area contributed by atoms with Crippen LogP contribution in [-0.2, 0) is 0 Å². The molecule has 2 aliphatic heterocycles. The Balaban J connectivity index is 0.000000722. The van der Waals surface area contributed by atoms with Gasteiger partial charge in [0, 0.05) is 25.2 Å². The van der Waals surface area contributed by atoms with Crippen LogP contribution in [0.3, 0.4) is 0 Å². The van der Waals surface area contributed by atoms with Crippen LogP contribution in [0, 0.1) is 0 Å². The molecule has 1 N–H and O–H groups in total. The summed E-state index contributed by atoms with van der Waals surface area (Å²) in [6.45, 7) is 2.07. The largest absolute Gasteiger partial charge is 1.00 e. The summed E-state index contributed by atoms with van der Waals surface area (Å²) in [7, 11) is 0. The predicted molar refractivity (Wildman–Crippen MR) is 59.2 cm³/mol. The number of halogens is 3. The lowest BCUT2D eigenvalue weighted by Crippen LogP contribution is -3.00. The van der Waals surface area contributed by atoms with E-state index in [4.69, 9.17) is 11.6 Å². The van der Waals surface area contributed by atoms with Gasteiger partial charge in [0.25, 0.3) is 0 Å². The lowest BCUT2D eigenvalue weighted by atomic mass is 10.2. The molecule has 4 nitrogen and oxygen atoms in total. The van der Waals surface area contributed by atoms with Gasteiger partial charge in [-0.2, -0.15) is 0 Å². The minimum absolute atomic E-state index is 0. The van der Waals surface area contributed by atoms with Gasteiger partial charge in [0.1, 0.15) is 0 Å². The number of hydrogen-bond donors (Lipinski definition) is 1. The van der Waals surface area contributed by atoms with Gasteiger partial charge in [-0.15, -0.1) is 10.2 Å². The highest BCUT2D eigenvalue weighted by Gasteiger charge is 2.32. The lowest BCUT2D eigenvalue weighted by Gasteiger charge is -2.33. The van der Waals surface area contributed by atoms with Crippen LogP contribution in [0.25, 0.3) is 0 Å². The zero-order valence-electron chi connectivity index (χ0n) is 9.11. The van der Waals surface area contributed by atoms with Crippen LogP contribution in [0.1, 0.15) is 12.8 Å². The van der Waals surface area contributed by atoms with Crippen molar-refractivity contribution in [1.82, 2.24) is 15.5 Å². The maximum atomic E-state index is 5.72. The Bertz CT molecular complexity index is 347. The maximum absolute atomic E-state index is 5.72. The Morgan fingerprint density at radius 2 is 1.76 bits per heavy atom. The van der Waals surface area contributed by atoms with Crippen LogP contribution in [0.5, 0.6) is 0 Å². The number of nitrogens with one attached hydrogen (secondary N) is 1. The third kappa shape index (κ3) is 3.13. The normalized spacial score (nSPS) is 26.1. The summed E-state index contributed by atoms with van der Waals surface area (Å²) in [5, 5.41) is 12.0. The molecule has 7 heteroatoms. The summed E-state index contributed by atoms with van der Waals surface area (Å²) >= 11 is 5.72. The SMILES string of the molecule is Clc1ccc(N2CC3CCC(C2)N3)nn1.[Cl-].[Cl-]. The van der Waals surface area contributed by atoms with E-state index >= 15 is 0 Å². The van der Waals surface area contributed by atoms with E-state index in [1.54, 1.807) is 6.07 Å². The van der Waals surface area contributed by atoms with Gasteiger partial charge < -0.3 is 35.0 Å². The van der Waals surface area contributed by atoms with Crippen LogP contribution in [0.4, 0.5) is 5.82 Å². The summed E-state index contributed by atoms with van der Waals surface area (Å²) in [6, 6.07) is 5.00. The highest BCUT2D eigenvalue weighted by molar-refractivity contribution is 6.29. The van der Waals surface area contributed by atoms with Crippen molar-refractivity contribution in [2.75, 3.05) is 18.0 Å². The van der Waals surface area contributed by atoms with Crippen molar-refractivity contribution >= 4 is 17.4 Å². The van der Waals surface area contributed by atoms with Crippen molar-refractivity contribution in [3.63, 3.8) is 0 Å². The molecule has 2 saturated heterocycles. The van der Waals surface area contributed by atoms with E-state index in [2.05, 4.69) is 20.4 Å². The molecule has 17 heavy (non-hydrogen) atoms. The van der Waals surface area contributed by atoms with Crippen molar-refractivity contribution in [3.05, 3.63) is 17.3 Å². The molecular formula is C10H13Cl3N4-2. The van der Waals surface area contributed by atoms with Crippen LogP contribution >= 0.6 is 11.6 Å². The van der Waals surface area contributed by atoms with Crippen LogP contribution < -0.4 is 35.0 Å². The predicted octanol–water partition coefficient (Wildman–Crippen LogP) is -4.92. The maximum Gasteiger partial charge on any atom is 0.151 e. The van der Waals surface area contributed by atoms with E-state index in [9.17, 15) is 0 Å². The number of hydrogen-bond acceptors (Lipinski definition) is 4. The molecule has 0 saturated carbocycles. The van der Waals surface area contributed by atoms with E-state index in [1.165, 1.54) is 12.8 Å². The zero-order chi connectivity index (χ0) is 10.3. The van der Waals surface area contributed by atoms with Gasteiger partial charge in [0.15, 0.2) is 11.0 Å². The summed E-state index contributed by atoms with van der Waals surface area (Å²) < 4.78 is 0. The Labute approximate surface area is 118 Å². The third-order valence-electron chi connectivity index (χ3n) is 3.16. The molecule has 96 valence electrons. The second-order valence-corrected chi connectivity index (χ2v) is 4.64.